The molecule has 0 atom stereocenters. The molecule has 3 rings (SSSR count). The maximum absolute atomic E-state index is 5.67. The van der Waals surface area contributed by atoms with Crippen molar-refractivity contribution in [2.45, 2.75) is 0 Å². The summed E-state index contributed by atoms with van der Waals surface area (Å²) in [6, 6.07) is 18.2. The molecular weight excluding hydrogens is 304 g/mol. The first-order valence-corrected chi connectivity index (χ1v) is 6.64. The van der Waals surface area contributed by atoms with E-state index in [2.05, 4.69) is 26.2 Å². The van der Waals surface area contributed by atoms with Crippen molar-refractivity contribution in [3.8, 4) is 11.3 Å². The van der Waals surface area contributed by atoms with Gasteiger partial charge in [0.15, 0.2) is 5.76 Å². The van der Waals surface area contributed by atoms with Gasteiger partial charge in [0.25, 0.3) is 6.01 Å². The van der Waals surface area contributed by atoms with E-state index in [1.807, 2.05) is 54.6 Å². The SMILES string of the molecule is Brc1ccc(Nc2ncc(-c3ccccc3)o2)cc1. The normalized spacial score (nSPS) is 10.4. The summed E-state index contributed by atoms with van der Waals surface area (Å²) in [5, 5.41) is 3.12. The summed E-state index contributed by atoms with van der Waals surface area (Å²) in [6.45, 7) is 0. The molecule has 94 valence electrons. The van der Waals surface area contributed by atoms with Gasteiger partial charge in [-0.25, -0.2) is 4.98 Å². The second-order valence-corrected chi connectivity index (χ2v) is 4.94. The average Bonchev–Trinajstić information content (AvgIpc) is 2.91. The molecule has 0 bridgehead atoms. The molecule has 0 aliphatic rings. The molecule has 0 aliphatic carbocycles. The number of anilines is 2. The fourth-order valence-corrected chi connectivity index (χ4v) is 1.99. The highest BCUT2D eigenvalue weighted by Gasteiger charge is 2.05. The molecule has 0 saturated carbocycles. The van der Waals surface area contributed by atoms with Crippen LogP contribution in [-0.4, -0.2) is 4.98 Å². The Bertz CT molecular complexity index is 662. The number of aromatic nitrogens is 1. The monoisotopic (exact) mass is 314 g/mol. The fourth-order valence-electron chi connectivity index (χ4n) is 1.72. The van der Waals surface area contributed by atoms with Gasteiger partial charge >= 0.3 is 0 Å². The van der Waals surface area contributed by atoms with Gasteiger partial charge in [-0.05, 0) is 24.3 Å². The number of benzene rings is 2. The second kappa shape index (κ2) is 5.28. The minimum absolute atomic E-state index is 0.487. The van der Waals surface area contributed by atoms with E-state index in [1.54, 1.807) is 6.20 Å². The molecule has 2 aromatic carbocycles. The van der Waals surface area contributed by atoms with Crippen molar-refractivity contribution in [3.63, 3.8) is 0 Å². The van der Waals surface area contributed by atoms with E-state index in [0.717, 1.165) is 21.5 Å². The molecule has 1 aromatic heterocycles. The summed E-state index contributed by atoms with van der Waals surface area (Å²) in [7, 11) is 0. The molecule has 0 aliphatic heterocycles. The molecule has 0 fully saturated rings. The smallest absolute Gasteiger partial charge is 0.299 e. The molecule has 19 heavy (non-hydrogen) atoms. The Labute approximate surface area is 119 Å². The topological polar surface area (TPSA) is 38.1 Å². The molecule has 3 aromatic rings. The van der Waals surface area contributed by atoms with Crippen LogP contribution in [0.1, 0.15) is 0 Å². The number of halogens is 1. The first-order valence-electron chi connectivity index (χ1n) is 5.85. The van der Waals surface area contributed by atoms with Crippen molar-refractivity contribution in [1.82, 2.24) is 4.98 Å². The lowest BCUT2D eigenvalue weighted by atomic mass is 10.2. The predicted molar refractivity (Wildman–Crippen MR) is 79.4 cm³/mol. The van der Waals surface area contributed by atoms with Crippen LogP contribution in [0.5, 0.6) is 0 Å². The highest BCUT2D eigenvalue weighted by molar-refractivity contribution is 9.10. The molecule has 0 radical (unpaired) electrons. The first kappa shape index (κ1) is 12.0. The number of rotatable bonds is 3. The zero-order valence-electron chi connectivity index (χ0n) is 10.0. The zero-order chi connectivity index (χ0) is 13.1. The Hall–Kier alpha value is -2.07. The lowest BCUT2D eigenvalue weighted by Gasteiger charge is -2.01. The Morgan fingerprint density at radius 1 is 0.947 bits per heavy atom. The van der Waals surface area contributed by atoms with Crippen LogP contribution in [0, 0.1) is 0 Å². The third-order valence-electron chi connectivity index (χ3n) is 2.66. The van der Waals surface area contributed by atoms with Crippen LogP contribution in [0.15, 0.2) is 69.7 Å². The van der Waals surface area contributed by atoms with Crippen molar-refractivity contribution in [1.29, 1.82) is 0 Å². The molecule has 1 N–H and O–H groups in total. The minimum atomic E-state index is 0.487. The summed E-state index contributed by atoms with van der Waals surface area (Å²) in [4.78, 5) is 4.22. The zero-order valence-corrected chi connectivity index (χ0v) is 11.6. The predicted octanol–water partition coefficient (Wildman–Crippen LogP) is 4.85. The Kier molecular flexibility index (Phi) is 3.33. The van der Waals surface area contributed by atoms with E-state index in [0.29, 0.717) is 6.01 Å². The quantitative estimate of drug-likeness (QED) is 0.751. The van der Waals surface area contributed by atoms with Crippen LogP contribution in [0.4, 0.5) is 11.7 Å². The number of hydrogen-bond acceptors (Lipinski definition) is 3. The highest BCUT2D eigenvalue weighted by Crippen LogP contribution is 2.24. The van der Waals surface area contributed by atoms with Gasteiger partial charge in [-0.3, -0.25) is 0 Å². The summed E-state index contributed by atoms with van der Waals surface area (Å²) >= 11 is 3.40. The Morgan fingerprint density at radius 3 is 2.42 bits per heavy atom. The summed E-state index contributed by atoms with van der Waals surface area (Å²) in [5.41, 5.74) is 1.95. The average molecular weight is 315 g/mol. The van der Waals surface area contributed by atoms with Gasteiger partial charge in [0.1, 0.15) is 0 Å². The van der Waals surface area contributed by atoms with Crippen LogP contribution < -0.4 is 5.32 Å². The number of hydrogen-bond donors (Lipinski definition) is 1. The standard InChI is InChI=1S/C15H11BrN2O/c16-12-6-8-13(9-7-12)18-15-17-10-14(19-15)11-4-2-1-3-5-11/h1-10H,(H,17,18). The van der Waals surface area contributed by atoms with Crippen molar-refractivity contribution in [3.05, 3.63) is 65.3 Å². The van der Waals surface area contributed by atoms with Crippen LogP contribution in [-0.2, 0) is 0 Å². The first-order chi connectivity index (χ1) is 9.31. The molecule has 0 amide bonds. The molecule has 0 unspecified atom stereocenters. The van der Waals surface area contributed by atoms with Gasteiger partial charge in [0.05, 0.1) is 6.20 Å². The fraction of sp³-hybridized carbons (Fsp3) is 0. The number of nitrogens with one attached hydrogen (secondary N) is 1. The molecule has 0 spiro atoms. The molecular formula is C15H11BrN2O. The van der Waals surface area contributed by atoms with Crippen molar-refractivity contribution >= 4 is 27.6 Å². The lowest BCUT2D eigenvalue weighted by Crippen LogP contribution is -1.88. The summed E-state index contributed by atoms with van der Waals surface area (Å²) in [6.07, 6.45) is 1.72. The molecule has 3 nitrogen and oxygen atoms in total. The number of oxazole rings is 1. The second-order valence-electron chi connectivity index (χ2n) is 4.03. The van der Waals surface area contributed by atoms with Crippen LogP contribution in [0.2, 0.25) is 0 Å². The van der Waals surface area contributed by atoms with Gasteiger partial charge in [0, 0.05) is 15.7 Å². The largest absolute Gasteiger partial charge is 0.423 e. The van der Waals surface area contributed by atoms with E-state index in [4.69, 9.17) is 4.42 Å². The van der Waals surface area contributed by atoms with Crippen molar-refractivity contribution in [2.75, 3.05) is 5.32 Å². The van der Waals surface area contributed by atoms with E-state index in [1.165, 1.54) is 0 Å². The molecule has 0 saturated heterocycles. The number of nitrogens with zero attached hydrogens (tertiary/aromatic N) is 1. The van der Waals surface area contributed by atoms with Gasteiger partial charge in [-0.15, -0.1) is 0 Å². The van der Waals surface area contributed by atoms with Gasteiger partial charge in [0.2, 0.25) is 0 Å². The van der Waals surface area contributed by atoms with E-state index >= 15 is 0 Å². The minimum Gasteiger partial charge on any atom is -0.423 e. The van der Waals surface area contributed by atoms with E-state index < -0.39 is 0 Å². The highest BCUT2D eigenvalue weighted by atomic mass is 79.9. The van der Waals surface area contributed by atoms with Crippen LogP contribution >= 0.6 is 15.9 Å². The van der Waals surface area contributed by atoms with Crippen molar-refractivity contribution < 1.29 is 4.42 Å². The van der Waals surface area contributed by atoms with Crippen LogP contribution in [0.25, 0.3) is 11.3 Å². The Balaban J connectivity index is 1.80. The molecule has 4 heteroatoms. The molecule has 1 heterocycles. The summed E-state index contributed by atoms with van der Waals surface area (Å²) in [5.74, 6) is 0.750. The summed E-state index contributed by atoms with van der Waals surface area (Å²) < 4.78 is 6.71. The van der Waals surface area contributed by atoms with Gasteiger partial charge in [-0.1, -0.05) is 46.3 Å². The third-order valence-corrected chi connectivity index (χ3v) is 3.19. The van der Waals surface area contributed by atoms with E-state index in [-0.39, 0.29) is 0 Å². The maximum atomic E-state index is 5.67. The van der Waals surface area contributed by atoms with E-state index in [9.17, 15) is 0 Å². The van der Waals surface area contributed by atoms with Crippen LogP contribution in [0.3, 0.4) is 0 Å². The Morgan fingerprint density at radius 2 is 1.68 bits per heavy atom. The lowest BCUT2D eigenvalue weighted by molar-refractivity contribution is 0.592. The van der Waals surface area contributed by atoms with Gasteiger partial charge in [-0.2, -0.15) is 0 Å². The van der Waals surface area contributed by atoms with Gasteiger partial charge < -0.3 is 9.73 Å². The maximum Gasteiger partial charge on any atom is 0.299 e. The third kappa shape index (κ3) is 2.85. The van der Waals surface area contributed by atoms with Crippen molar-refractivity contribution in [2.24, 2.45) is 0 Å².